The lowest BCUT2D eigenvalue weighted by Crippen LogP contribution is -2.36. The van der Waals surface area contributed by atoms with Crippen molar-refractivity contribution in [3.63, 3.8) is 0 Å². The van der Waals surface area contributed by atoms with E-state index < -0.39 is 0 Å². The summed E-state index contributed by atoms with van der Waals surface area (Å²) in [5.74, 6) is 1.87. The number of aryl methyl sites for hydroxylation is 1. The summed E-state index contributed by atoms with van der Waals surface area (Å²) in [5, 5.41) is 20.6. The number of carbonyl (C=O) groups is 1. The topological polar surface area (TPSA) is 102 Å². The van der Waals surface area contributed by atoms with E-state index in [9.17, 15) is 4.79 Å². The smallest absolute Gasteiger partial charge is 0.274 e. The number of aromatic nitrogens is 6. The maximum atomic E-state index is 12.7. The molecule has 4 heterocycles. The van der Waals surface area contributed by atoms with Gasteiger partial charge in [0.1, 0.15) is 5.82 Å². The Bertz CT molecular complexity index is 955. The van der Waals surface area contributed by atoms with E-state index in [2.05, 4.69) is 30.4 Å². The molecule has 140 valence electrons. The maximum absolute atomic E-state index is 12.7. The molecule has 0 aliphatic carbocycles. The Morgan fingerprint density at radius 2 is 1.89 bits per heavy atom. The average molecular weight is 368 g/mol. The van der Waals surface area contributed by atoms with Crippen LogP contribution in [0.25, 0.3) is 5.65 Å². The summed E-state index contributed by atoms with van der Waals surface area (Å²) in [7, 11) is 1.52. The van der Waals surface area contributed by atoms with Gasteiger partial charge in [-0.3, -0.25) is 4.79 Å². The minimum absolute atomic E-state index is 0.120. The van der Waals surface area contributed by atoms with Gasteiger partial charge in [-0.15, -0.1) is 25.5 Å². The van der Waals surface area contributed by atoms with E-state index in [1.165, 1.54) is 7.11 Å². The number of methoxy groups -OCH3 is 1. The predicted molar refractivity (Wildman–Crippen MR) is 96.8 cm³/mol. The Morgan fingerprint density at radius 1 is 1.00 bits per heavy atom. The van der Waals surface area contributed by atoms with Crippen LogP contribution in [0.4, 0.5) is 5.82 Å². The van der Waals surface area contributed by atoms with Crippen LogP contribution in [0.5, 0.6) is 5.88 Å². The fourth-order valence-electron chi connectivity index (χ4n) is 3.11. The van der Waals surface area contributed by atoms with Crippen LogP contribution in [0.15, 0.2) is 24.3 Å². The summed E-state index contributed by atoms with van der Waals surface area (Å²) >= 11 is 0. The van der Waals surface area contributed by atoms with Crippen molar-refractivity contribution >= 4 is 17.4 Å². The van der Waals surface area contributed by atoms with E-state index in [4.69, 9.17) is 4.74 Å². The lowest BCUT2D eigenvalue weighted by molar-refractivity contribution is 0.0759. The van der Waals surface area contributed by atoms with Crippen LogP contribution in [0.2, 0.25) is 0 Å². The van der Waals surface area contributed by atoms with E-state index in [0.29, 0.717) is 31.2 Å². The molecule has 1 saturated heterocycles. The highest BCUT2D eigenvalue weighted by Crippen LogP contribution is 2.16. The van der Waals surface area contributed by atoms with E-state index in [-0.39, 0.29) is 5.91 Å². The highest BCUT2D eigenvalue weighted by molar-refractivity contribution is 5.92. The van der Waals surface area contributed by atoms with Gasteiger partial charge in [0.25, 0.3) is 5.91 Å². The monoisotopic (exact) mass is 368 g/mol. The lowest BCUT2D eigenvalue weighted by Gasteiger charge is -2.22. The van der Waals surface area contributed by atoms with Crippen LogP contribution in [-0.2, 0) is 0 Å². The second kappa shape index (κ2) is 7.14. The van der Waals surface area contributed by atoms with Gasteiger partial charge < -0.3 is 14.5 Å². The van der Waals surface area contributed by atoms with Gasteiger partial charge in [-0.05, 0) is 31.5 Å². The van der Waals surface area contributed by atoms with Crippen molar-refractivity contribution in [2.75, 3.05) is 38.2 Å². The highest BCUT2D eigenvalue weighted by atomic mass is 16.5. The zero-order valence-electron chi connectivity index (χ0n) is 15.2. The van der Waals surface area contributed by atoms with Crippen LogP contribution in [0.1, 0.15) is 22.7 Å². The number of ether oxygens (including phenoxy) is 1. The number of anilines is 1. The summed E-state index contributed by atoms with van der Waals surface area (Å²) in [6.45, 7) is 4.63. The maximum Gasteiger partial charge on any atom is 0.274 e. The molecule has 0 atom stereocenters. The van der Waals surface area contributed by atoms with Crippen LogP contribution in [0.3, 0.4) is 0 Å². The molecule has 0 saturated carbocycles. The molecule has 3 aromatic heterocycles. The van der Waals surface area contributed by atoms with Crippen molar-refractivity contribution in [1.82, 2.24) is 34.9 Å². The van der Waals surface area contributed by atoms with Crippen molar-refractivity contribution < 1.29 is 9.53 Å². The molecule has 27 heavy (non-hydrogen) atoms. The van der Waals surface area contributed by atoms with E-state index in [0.717, 1.165) is 30.3 Å². The Balaban J connectivity index is 1.47. The van der Waals surface area contributed by atoms with Crippen molar-refractivity contribution in [2.24, 2.45) is 0 Å². The van der Waals surface area contributed by atoms with E-state index in [1.54, 1.807) is 21.5 Å². The normalized spacial score (nSPS) is 15.0. The molecular weight excluding hydrogens is 348 g/mol. The third kappa shape index (κ3) is 3.37. The minimum Gasteiger partial charge on any atom is -0.480 e. The minimum atomic E-state index is -0.120. The SMILES string of the molecule is COc1ccc(C(=O)N2CCCN(c3ccc4nnc(C)n4n3)CC2)nn1. The molecule has 10 nitrogen and oxygen atoms in total. The molecule has 1 aliphatic heterocycles. The summed E-state index contributed by atoms with van der Waals surface area (Å²) in [4.78, 5) is 16.7. The largest absolute Gasteiger partial charge is 0.480 e. The number of hydrogen-bond acceptors (Lipinski definition) is 8. The van der Waals surface area contributed by atoms with Crippen LogP contribution in [-0.4, -0.2) is 74.1 Å². The molecule has 0 N–H and O–H groups in total. The molecule has 0 unspecified atom stereocenters. The molecule has 3 aromatic rings. The molecule has 0 spiro atoms. The molecule has 1 fully saturated rings. The Morgan fingerprint density at radius 3 is 2.67 bits per heavy atom. The summed E-state index contributed by atoms with van der Waals surface area (Å²) in [6.07, 6.45) is 0.843. The van der Waals surface area contributed by atoms with Crippen LogP contribution >= 0.6 is 0 Å². The molecule has 1 aliphatic rings. The molecule has 4 rings (SSSR count). The van der Waals surface area contributed by atoms with Gasteiger partial charge >= 0.3 is 0 Å². The molecule has 0 radical (unpaired) electrons. The second-order valence-electron chi connectivity index (χ2n) is 6.30. The van der Waals surface area contributed by atoms with Gasteiger partial charge in [0.2, 0.25) is 5.88 Å². The molecule has 0 bridgehead atoms. The fourth-order valence-corrected chi connectivity index (χ4v) is 3.11. The Labute approximate surface area is 155 Å². The van der Waals surface area contributed by atoms with Crippen LogP contribution < -0.4 is 9.64 Å². The second-order valence-corrected chi connectivity index (χ2v) is 6.30. The molecular formula is C17H20N8O2. The van der Waals surface area contributed by atoms with Gasteiger partial charge in [-0.25, -0.2) is 0 Å². The van der Waals surface area contributed by atoms with Crippen LogP contribution in [0, 0.1) is 6.92 Å². The zero-order valence-corrected chi connectivity index (χ0v) is 15.2. The first-order valence-corrected chi connectivity index (χ1v) is 8.77. The number of rotatable bonds is 3. The van der Waals surface area contributed by atoms with Crippen molar-refractivity contribution in [2.45, 2.75) is 13.3 Å². The average Bonchev–Trinajstić information content (AvgIpc) is 2.93. The first-order chi connectivity index (χ1) is 13.2. The third-order valence-electron chi connectivity index (χ3n) is 4.58. The lowest BCUT2D eigenvalue weighted by atomic mass is 10.3. The number of hydrogen-bond donors (Lipinski definition) is 0. The van der Waals surface area contributed by atoms with Gasteiger partial charge in [0.05, 0.1) is 7.11 Å². The van der Waals surface area contributed by atoms with E-state index in [1.807, 2.05) is 19.1 Å². The predicted octanol–water partition coefficient (Wildman–Crippen LogP) is 0.584. The van der Waals surface area contributed by atoms with E-state index >= 15 is 0 Å². The summed E-state index contributed by atoms with van der Waals surface area (Å²) in [6, 6.07) is 7.13. The van der Waals surface area contributed by atoms with Crippen molar-refractivity contribution in [3.05, 3.63) is 35.8 Å². The number of carbonyl (C=O) groups excluding carboxylic acids is 1. The standard InChI is InChI=1S/C17H20N8O2/c1-12-18-20-14-5-6-15(22-25(12)14)23-8-3-9-24(11-10-23)17(26)13-4-7-16(27-2)21-19-13/h4-7H,3,8-11H2,1-2H3. The molecule has 1 amide bonds. The number of fused-ring (bicyclic) bond motifs is 1. The zero-order chi connectivity index (χ0) is 18.8. The number of nitrogens with zero attached hydrogens (tertiary/aromatic N) is 8. The summed E-state index contributed by atoms with van der Waals surface area (Å²) < 4.78 is 6.72. The molecule has 0 aromatic carbocycles. The van der Waals surface area contributed by atoms with Crippen molar-refractivity contribution in [1.29, 1.82) is 0 Å². The first kappa shape index (κ1) is 17.1. The fraction of sp³-hybridized carbons (Fsp3) is 0.412. The van der Waals surface area contributed by atoms with Gasteiger partial charge in [-0.1, -0.05) is 0 Å². The van der Waals surface area contributed by atoms with Gasteiger partial charge in [0, 0.05) is 32.2 Å². The molecule has 10 heteroatoms. The first-order valence-electron chi connectivity index (χ1n) is 8.77. The van der Waals surface area contributed by atoms with Gasteiger partial charge in [-0.2, -0.15) is 4.52 Å². The number of amides is 1. The quantitative estimate of drug-likeness (QED) is 0.662. The Hall–Kier alpha value is -3.30. The third-order valence-corrected chi connectivity index (χ3v) is 4.58. The van der Waals surface area contributed by atoms with Gasteiger partial charge in [0.15, 0.2) is 17.2 Å². The Kier molecular flexibility index (Phi) is 4.53. The highest BCUT2D eigenvalue weighted by Gasteiger charge is 2.22. The summed E-state index contributed by atoms with van der Waals surface area (Å²) in [5.41, 5.74) is 1.05. The van der Waals surface area contributed by atoms with Crippen molar-refractivity contribution in [3.8, 4) is 5.88 Å².